The summed E-state index contributed by atoms with van der Waals surface area (Å²) in [5.41, 5.74) is 0. The van der Waals surface area contributed by atoms with Crippen molar-refractivity contribution in [3.63, 3.8) is 0 Å². The second-order valence-corrected chi connectivity index (χ2v) is 15.8. The summed E-state index contributed by atoms with van der Waals surface area (Å²) >= 11 is 0. The molecule has 0 spiro atoms. The molecule has 6 nitrogen and oxygen atoms in total. The highest BCUT2D eigenvalue weighted by atomic mass is 16.6. The van der Waals surface area contributed by atoms with Crippen LogP contribution in [0.2, 0.25) is 0 Å². The predicted molar refractivity (Wildman–Crippen MR) is 278 cm³/mol. The Balaban J connectivity index is 4.57. The number of hydrogen-bond donors (Lipinski definition) is 0. The van der Waals surface area contributed by atoms with Crippen molar-refractivity contribution in [2.24, 2.45) is 0 Å². The summed E-state index contributed by atoms with van der Waals surface area (Å²) in [6, 6.07) is 0. The number of unbranched alkanes of at least 4 members (excludes halogenated alkanes) is 12. The van der Waals surface area contributed by atoms with Crippen molar-refractivity contribution in [1.82, 2.24) is 0 Å². The SMILES string of the molecule is CC/C=C/C=C/C=C/C=C/C=C/CCCC(=O)OCC(COC(=O)CCCCCCCC/C=C/C/C=C/C/C=C/C/C=C/CC)OC(=O)CCCCCCC/C=C/C=C/C=C/C=C/CC. The lowest BCUT2D eigenvalue weighted by atomic mass is 10.1. The number of carbonyl (C=O) groups is 3. The van der Waals surface area contributed by atoms with Gasteiger partial charge in [0, 0.05) is 19.3 Å². The lowest BCUT2D eigenvalue weighted by Crippen LogP contribution is -2.30. The molecule has 1 atom stereocenters. The maximum atomic E-state index is 12.8. The fourth-order valence-corrected chi connectivity index (χ4v) is 6.06. The smallest absolute Gasteiger partial charge is 0.306 e. The Bertz CT molecular complexity index is 1540. The molecule has 0 bridgehead atoms. The molecule has 0 radical (unpaired) electrons. The van der Waals surface area contributed by atoms with Gasteiger partial charge in [-0.1, -0.05) is 224 Å². The van der Waals surface area contributed by atoms with Gasteiger partial charge in [-0.15, -0.1) is 0 Å². The molecule has 0 amide bonds. The lowest BCUT2D eigenvalue weighted by Gasteiger charge is -2.18. The molecule has 0 saturated carbocycles. The van der Waals surface area contributed by atoms with Crippen molar-refractivity contribution in [2.45, 2.75) is 181 Å². The molecule has 6 heteroatoms. The van der Waals surface area contributed by atoms with Gasteiger partial charge in [0.05, 0.1) is 0 Å². The monoisotopic (exact) mass is 893 g/mol. The molecule has 0 saturated heterocycles. The lowest BCUT2D eigenvalue weighted by molar-refractivity contribution is -0.167. The van der Waals surface area contributed by atoms with E-state index in [1.54, 1.807) is 0 Å². The summed E-state index contributed by atoms with van der Waals surface area (Å²) in [6.45, 7) is 6.11. The van der Waals surface area contributed by atoms with E-state index in [2.05, 4.69) is 99.8 Å². The van der Waals surface area contributed by atoms with E-state index in [9.17, 15) is 14.4 Å². The van der Waals surface area contributed by atoms with Gasteiger partial charge in [0.25, 0.3) is 0 Å². The van der Waals surface area contributed by atoms with Crippen LogP contribution in [0.3, 0.4) is 0 Å². The summed E-state index contributed by atoms with van der Waals surface area (Å²) < 4.78 is 16.7. The Labute approximate surface area is 397 Å². The first-order valence-electron chi connectivity index (χ1n) is 25.1. The molecule has 0 fully saturated rings. The second kappa shape index (κ2) is 51.7. The second-order valence-electron chi connectivity index (χ2n) is 15.8. The van der Waals surface area contributed by atoms with Gasteiger partial charge in [-0.2, -0.15) is 0 Å². The summed E-state index contributed by atoms with van der Waals surface area (Å²) in [4.78, 5) is 37.9. The van der Waals surface area contributed by atoms with Gasteiger partial charge in [0.2, 0.25) is 0 Å². The van der Waals surface area contributed by atoms with E-state index in [1.165, 1.54) is 12.8 Å². The highest BCUT2D eigenvalue weighted by Gasteiger charge is 2.19. The first kappa shape index (κ1) is 60.0. The van der Waals surface area contributed by atoms with Crippen LogP contribution in [-0.4, -0.2) is 37.2 Å². The van der Waals surface area contributed by atoms with Crippen LogP contribution in [0.1, 0.15) is 175 Å². The van der Waals surface area contributed by atoms with E-state index in [0.29, 0.717) is 12.8 Å². The maximum absolute atomic E-state index is 12.8. The Morgan fingerprint density at radius 2 is 0.646 bits per heavy atom. The Kier molecular flexibility index (Phi) is 47.7. The Morgan fingerprint density at radius 1 is 0.323 bits per heavy atom. The number of carbonyl (C=O) groups excluding carboxylic acids is 3. The van der Waals surface area contributed by atoms with E-state index in [4.69, 9.17) is 14.2 Å². The van der Waals surface area contributed by atoms with Crippen molar-refractivity contribution in [3.05, 3.63) is 158 Å². The number of esters is 3. The molecule has 0 aromatic rings. The quantitative estimate of drug-likeness (QED) is 0.0200. The molecule has 0 aliphatic rings. The topological polar surface area (TPSA) is 78.9 Å². The highest BCUT2D eigenvalue weighted by molar-refractivity contribution is 5.71. The molecule has 0 aromatic heterocycles. The van der Waals surface area contributed by atoms with Crippen molar-refractivity contribution in [3.8, 4) is 0 Å². The molecular formula is C59H88O6. The predicted octanol–water partition coefficient (Wildman–Crippen LogP) is 16.6. The molecular weight excluding hydrogens is 805 g/mol. The zero-order valence-electron chi connectivity index (χ0n) is 40.9. The molecule has 0 N–H and O–H groups in total. The van der Waals surface area contributed by atoms with Crippen LogP contribution in [0.25, 0.3) is 0 Å². The summed E-state index contributed by atoms with van der Waals surface area (Å²) in [7, 11) is 0. The third-order valence-corrected chi connectivity index (χ3v) is 9.73. The van der Waals surface area contributed by atoms with Gasteiger partial charge in [-0.25, -0.2) is 0 Å². The minimum absolute atomic E-state index is 0.126. The fraction of sp³-hybridized carbons (Fsp3) is 0.508. The van der Waals surface area contributed by atoms with E-state index in [-0.39, 0.29) is 44.0 Å². The molecule has 0 aliphatic carbocycles. The summed E-state index contributed by atoms with van der Waals surface area (Å²) in [5.74, 6) is -1.05. The van der Waals surface area contributed by atoms with E-state index in [1.807, 2.05) is 79.0 Å². The normalized spacial score (nSPS) is 13.5. The Morgan fingerprint density at radius 3 is 1.11 bits per heavy atom. The molecule has 1 unspecified atom stereocenters. The largest absolute Gasteiger partial charge is 0.462 e. The Hall–Kier alpha value is -4.97. The molecule has 0 aliphatic heterocycles. The van der Waals surface area contributed by atoms with Gasteiger partial charge >= 0.3 is 17.9 Å². The van der Waals surface area contributed by atoms with Gasteiger partial charge in [0.1, 0.15) is 13.2 Å². The maximum Gasteiger partial charge on any atom is 0.306 e. The minimum Gasteiger partial charge on any atom is -0.462 e. The number of allylic oxidation sites excluding steroid dienone is 26. The summed E-state index contributed by atoms with van der Waals surface area (Å²) in [6.07, 6.45) is 75.1. The molecule has 0 aromatic carbocycles. The third kappa shape index (κ3) is 49.9. The average Bonchev–Trinajstić information content (AvgIpc) is 3.30. The van der Waals surface area contributed by atoms with Crippen LogP contribution in [0, 0.1) is 0 Å². The van der Waals surface area contributed by atoms with E-state index >= 15 is 0 Å². The average molecular weight is 893 g/mol. The zero-order chi connectivity index (χ0) is 47.2. The van der Waals surface area contributed by atoms with Crippen molar-refractivity contribution in [1.29, 1.82) is 0 Å². The van der Waals surface area contributed by atoms with Crippen LogP contribution >= 0.6 is 0 Å². The van der Waals surface area contributed by atoms with Crippen LogP contribution < -0.4 is 0 Å². The van der Waals surface area contributed by atoms with Gasteiger partial charge in [-0.3, -0.25) is 14.4 Å². The van der Waals surface area contributed by atoms with Crippen LogP contribution in [0.15, 0.2) is 158 Å². The van der Waals surface area contributed by atoms with Crippen molar-refractivity contribution < 1.29 is 28.6 Å². The van der Waals surface area contributed by atoms with Gasteiger partial charge in [-0.05, 0) is 89.9 Å². The standard InChI is InChI=1S/C59H88O6/c1-4-7-10-13-16-19-22-25-27-28-29-30-32-34-37-40-43-46-49-52-58(61)64-55-56(54-63-57(60)51-48-45-42-39-36-33-24-21-18-15-12-9-6-3)65-59(62)53-50-47-44-41-38-35-31-26-23-20-17-14-11-8-5-2/h7-12,14-21,23-27,29-31,33,36,39,42,56H,4-6,13,22,28,32,34-35,37-38,40-41,43-55H2,1-3H3/b10-7+,11-8+,12-9+,17-14+,18-15+,19-16+,23-20+,24-21+,27-25+,30-29+,31-26+,36-33+,42-39+. The van der Waals surface area contributed by atoms with Gasteiger partial charge in [0.15, 0.2) is 6.10 Å². The van der Waals surface area contributed by atoms with E-state index < -0.39 is 6.10 Å². The van der Waals surface area contributed by atoms with E-state index in [0.717, 1.165) is 116 Å². The van der Waals surface area contributed by atoms with Crippen molar-refractivity contribution >= 4 is 17.9 Å². The first-order valence-corrected chi connectivity index (χ1v) is 25.1. The molecule has 0 heterocycles. The van der Waals surface area contributed by atoms with Crippen LogP contribution in [0.4, 0.5) is 0 Å². The minimum atomic E-state index is -0.833. The third-order valence-electron chi connectivity index (χ3n) is 9.73. The van der Waals surface area contributed by atoms with Crippen molar-refractivity contribution in [2.75, 3.05) is 13.2 Å². The first-order chi connectivity index (χ1) is 32.0. The number of ether oxygens (including phenoxy) is 3. The van der Waals surface area contributed by atoms with Gasteiger partial charge < -0.3 is 14.2 Å². The van der Waals surface area contributed by atoms with Crippen LogP contribution in [0.5, 0.6) is 0 Å². The molecule has 65 heavy (non-hydrogen) atoms. The number of rotatable bonds is 42. The molecule has 0 rings (SSSR count). The highest BCUT2D eigenvalue weighted by Crippen LogP contribution is 2.12. The summed E-state index contributed by atoms with van der Waals surface area (Å²) in [5, 5.41) is 0. The fourth-order valence-electron chi connectivity index (χ4n) is 6.06. The zero-order valence-corrected chi connectivity index (χ0v) is 40.9. The number of hydrogen-bond acceptors (Lipinski definition) is 6. The molecule has 360 valence electrons. The van der Waals surface area contributed by atoms with Crippen LogP contribution in [-0.2, 0) is 28.6 Å².